The normalized spacial score (nSPS) is 18.6. The van der Waals surface area contributed by atoms with Crippen LogP contribution in [0.4, 0.5) is 5.69 Å². The smallest absolute Gasteiger partial charge is 0.303 e. The van der Waals surface area contributed by atoms with Crippen LogP contribution in [0.1, 0.15) is 36.5 Å². The van der Waals surface area contributed by atoms with E-state index in [-0.39, 0.29) is 12.2 Å². The molecular weight excluding hydrogens is 242 g/mol. The average Bonchev–Trinajstić information content (AvgIpc) is 2.85. The molecule has 4 heteroatoms. The standard InChI is InChI=1S/C15H19NO3/c1-11(17)13-3-5-14(6-4-13)16-9-8-12(10-16)2-7-15(18)19/h3-6,12H,2,7-10H2,1H3,(H,18,19). The maximum Gasteiger partial charge on any atom is 0.303 e. The fourth-order valence-electron chi connectivity index (χ4n) is 2.54. The number of carbonyl (C=O) groups excluding carboxylic acids is 1. The van der Waals surface area contributed by atoms with Crippen LogP contribution in [0.25, 0.3) is 0 Å². The fourth-order valence-corrected chi connectivity index (χ4v) is 2.54. The van der Waals surface area contributed by atoms with Gasteiger partial charge in [-0.25, -0.2) is 0 Å². The first kappa shape index (κ1) is 13.6. The monoisotopic (exact) mass is 261 g/mol. The summed E-state index contributed by atoms with van der Waals surface area (Å²) in [4.78, 5) is 24.0. The Morgan fingerprint density at radius 3 is 2.58 bits per heavy atom. The van der Waals surface area contributed by atoms with Crippen molar-refractivity contribution >= 4 is 17.4 Å². The van der Waals surface area contributed by atoms with Gasteiger partial charge >= 0.3 is 5.97 Å². The molecule has 102 valence electrons. The van der Waals surface area contributed by atoms with E-state index in [0.717, 1.165) is 37.2 Å². The van der Waals surface area contributed by atoms with E-state index in [2.05, 4.69) is 4.90 Å². The SMILES string of the molecule is CC(=O)c1ccc(N2CCC(CCC(=O)O)C2)cc1. The van der Waals surface area contributed by atoms with Crippen molar-refractivity contribution in [3.63, 3.8) is 0 Å². The first-order valence-electron chi connectivity index (χ1n) is 6.64. The summed E-state index contributed by atoms with van der Waals surface area (Å²) in [6.45, 7) is 3.43. The van der Waals surface area contributed by atoms with E-state index in [1.807, 2.05) is 24.3 Å². The summed E-state index contributed by atoms with van der Waals surface area (Å²) in [6.07, 6.45) is 2.04. The molecule has 1 aromatic carbocycles. The molecule has 1 unspecified atom stereocenters. The first-order chi connectivity index (χ1) is 9.06. The number of hydrogen-bond acceptors (Lipinski definition) is 3. The number of Topliss-reactive ketones (excluding diaryl/α,β-unsaturated/α-hetero) is 1. The molecule has 2 rings (SSSR count). The molecule has 1 saturated heterocycles. The Labute approximate surface area is 113 Å². The molecule has 0 bridgehead atoms. The van der Waals surface area contributed by atoms with Gasteiger partial charge in [0.2, 0.25) is 0 Å². The lowest BCUT2D eigenvalue weighted by Gasteiger charge is -2.18. The van der Waals surface area contributed by atoms with Crippen LogP contribution in [0.5, 0.6) is 0 Å². The second-order valence-electron chi connectivity index (χ2n) is 5.14. The predicted molar refractivity (Wildman–Crippen MR) is 73.6 cm³/mol. The zero-order valence-corrected chi connectivity index (χ0v) is 11.1. The zero-order valence-electron chi connectivity index (χ0n) is 11.1. The predicted octanol–water partition coefficient (Wildman–Crippen LogP) is 2.58. The summed E-state index contributed by atoms with van der Waals surface area (Å²) >= 11 is 0. The second kappa shape index (κ2) is 5.87. The number of hydrogen-bond donors (Lipinski definition) is 1. The maximum atomic E-state index is 11.2. The van der Waals surface area contributed by atoms with Gasteiger partial charge in [-0.3, -0.25) is 9.59 Å². The van der Waals surface area contributed by atoms with Crippen LogP contribution >= 0.6 is 0 Å². The highest BCUT2D eigenvalue weighted by Crippen LogP contribution is 2.26. The van der Waals surface area contributed by atoms with E-state index in [9.17, 15) is 9.59 Å². The summed E-state index contributed by atoms with van der Waals surface area (Å²) in [6, 6.07) is 7.64. The van der Waals surface area contributed by atoms with Gasteiger partial charge in [0.15, 0.2) is 5.78 Å². The lowest BCUT2D eigenvalue weighted by atomic mass is 10.0. The molecule has 4 nitrogen and oxygen atoms in total. The molecule has 19 heavy (non-hydrogen) atoms. The van der Waals surface area contributed by atoms with Gasteiger partial charge in [-0.2, -0.15) is 0 Å². The number of anilines is 1. The summed E-state index contributed by atoms with van der Waals surface area (Å²) in [5.41, 5.74) is 1.84. The minimum absolute atomic E-state index is 0.0762. The largest absolute Gasteiger partial charge is 0.481 e. The summed E-state index contributed by atoms with van der Waals surface area (Å²) < 4.78 is 0. The second-order valence-corrected chi connectivity index (χ2v) is 5.14. The molecule has 0 aliphatic carbocycles. The van der Waals surface area contributed by atoms with Gasteiger partial charge in [0, 0.05) is 30.8 Å². The van der Waals surface area contributed by atoms with E-state index in [1.165, 1.54) is 0 Å². The number of carboxylic acid groups (broad SMARTS) is 1. The van der Waals surface area contributed by atoms with Crippen molar-refractivity contribution in [3.05, 3.63) is 29.8 Å². The van der Waals surface area contributed by atoms with Crippen molar-refractivity contribution in [3.8, 4) is 0 Å². The van der Waals surface area contributed by atoms with E-state index in [0.29, 0.717) is 5.92 Å². The third-order valence-corrected chi connectivity index (χ3v) is 3.69. The third-order valence-electron chi connectivity index (χ3n) is 3.69. The molecule has 1 aliphatic rings. The summed E-state index contributed by atoms with van der Waals surface area (Å²) in [5, 5.41) is 8.69. The molecule has 1 fully saturated rings. The quantitative estimate of drug-likeness (QED) is 0.828. The van der Waals surface area contributed by atoms with Crippen molar-refractivity contribution < 1.29 is 14.7 Å². The highest BCUT2D eigenvalue weighted by molar-refractivity contribution is 5.94. The number of carboxylic acids is 1. The van der Waals surface area contributed by atoms with Gasteiger partial charge in [-0.1, -0.05) is 0 Å². The Bertz CT molecular complexity index is 467. The Hall–Kier alpha value is -1.84. The molecule has 1 N–H and O–H groups in total. The number of benzene rings is 1. The number of rotatable bonds is 5. The Morgan fingerprint density at radius 1 is 1.32 bits per heavy atom. The molecule has 0 radical (unpaired) electrons. The van der Waals surface area contributed by atoms with Crippen molar-refractivity contribution in [1.82, 2.24) is 0 Å². The molecule has 1 atom stereocenters. The lowest BCUT2D eigenvalue weighted by molar-refractivity contribution is -0.137. The van der Waals surface area contributed by atoms with Gasteiger partial charge in [-0.05, 0) is 49.9 Å². The summed E-state index contributed by atoms with van der Waals surface area (Å²) in [7, 11) is 0. The number of nitrogens with zero attached hydrogens (tertiary/aromatic N) is 1. The third kappa shape index (κ3) is 3.56. The molecule has 1 heterocycles. The number of aliphatic carboxylic acids is 1. The lowest BCUT2D eigenvalue weighted by Crippen LogP contribution is -2.19. The first-order valence-corrected chi connectivity index (χ1v) is 6.64. The van der Waals surface area contributed by atoms with Crippen LogP contribution in [0, 0.1) is 5.92 Å². The highest BCUT2D eigenvalue weighted by atomic mass is 16.4. The van der Waals surface area contributed by atoms with Crippen LogP contribution in [0.3, 0.4) is 0 Å². The van der Waals surface area contributed by atoms with E-state index in [1.54, 1.807) is 6.92 Å². The Kier molecular flexibility index (Phi) is 4.20. The Balaban J connectivity index is 1.93. The van der Waals surface area contributed by atoms with Crippen LogP contribution in [-0.4, -0.2) is 29.9 Å². The van der Waals surface area contributed by atoms with E-state index in [4.69, 9.17) is 5.11 Å². The van der Waals surface area contributed by atoms with Crippen LogP contribution in [-0.2, 0) is 4.79 Å². The summed E-state index contributed by atoms with van der Waals surface area (Å²) in [5.74, 6) is -0.180. The molecule has 0 aromatic heterocycles. The van der Waals surface area contributed by atoms with Gasteiger partial charge < -0.3 is 10.0 Å². The molecule has 0 amide bonds. The zero-order chi connectivity index (χ0) is 13.8. The van der Waals surface area contributed by atoms with Gasteiger partial charge in [-0.15, -0.1) is 0 Å². The number of ketones is 1. The van der Waals surface area contributed by atoms with E-state index >= 15 is 0 Å². The Morgan fingerprint density at radius 2 is 2.00 bits per heavy atom. The number of carbonyl (C=O) groups is 2. The van der Waals surface area contributed by atoms with Crippen LogP contribution in [0.2, 0.25) is 0 Å². The van der Waals surface area contributed by atoms with Crippen LogP contribution < -0.4 is 4.90 Å². The van der Waals surface area contributed by atoms with Crippen molar-refractivity contribution in [2.75, 3.05) is 18.0 Å². The molecular formula is C15H19NO3. The topological polar surface area (TPSA) is 57.6 Å². The van der Waals surface area contributed by atoms with Crippen molar-refractivity contribution in [2.24, 2.45) is 5.92 Å². The molecule has 1 aromatic rings. The average molecular weight is 261 g/mol. The minimum Gasteiger partial charge on any atom is -0.481 e. The maximum absolute atomic E-state index is 11.2. The van der Waals surface area contributed by atoms with Crippen LogP contribution in [0.15, 0.2) is 24.3 Å². The van der Waals surface area contributed by atoms with Crippen molar-refractivity contribution in [1.29, 1.82) is 0 Å². The van der Waals surface area contributed by atoms with Gasteiger partial charge in [0.1, 0.15) is 0 Å². The van der Waals surface area contributed by atoms with Gasteiger partial charge in [0.05, 0.1) is 0 Å². The van der Waals surface area contributed by atoms with Gasteiger partial charge in [0.25, 0.3) is 0 Å². The van der Waals surface area contributed by atoms with Crippen molar-refractivity contribution in [2.45, 2.75) is 26.2 Å². The molecule has 1 aliphatic heterocycles. The highest BCUT2D eigenvalue weighted by Gasteiger charge is 2.23. The van der Waals surface area contributed by atoms with E-state index < -0.39 is 5.97 Å². The molecule has 0 spiro atoms. The fraction of sp³-hybridized carbons (Fsp3) is 0.467. The minimum atomic E-state index is -0.718. The molecule has 0 saturated carbocycles.